The first-order valence-electron chi connectivity index (χ1n) is 7.32. The molecule has 0 amide bonds. The summed E-state index contributed by atoms with van der Waals surface area (Å²) in [5.41, 5.74) is -0.249. The Bertz CT molecular complexity index is 892. The molecule has 0 aliphatic rings. The lowest BCUT2D eigenvalue weighted by atomic mass is 10.2. The normalized spacial score (nSPS) is 10.1. The van der Waals surface area contributed by atoms with Crippen molar-refractivity contribution in [3.05, 3.63) is 59.5 Å². The van der Waals surface area contributed by atoms with Gasteiger partial charge in [-0.05, 0) is 25.5 Å². The number of hydrogen-bond acceptors (Lipinski definition) is 7. The van der Waals surface area contributed by atoms with Gasteiger partial charge in [0.1, 0.15) is 5.58 Å². The molecule has 1 aromatic heterocycles. The van der Waals surface area contributed by atoms with Gasteiger partial charge in [0.25, 0.3) is 0 Å². The van der Waals surface area contributed by atoms with Crippen LogP contribution in [0.4, 0.5) is 4.79 Å². The fourth-order valence-corrected chi connectivity index (χ4v) is 1.77. The third-order valence-electron chi connectivity index (χ3n) is 2.97. The molecule has 130 valence electrons. The predicted octanol–water partition coefficient (Wildman–Crippen LogP) is 3.37. The Morgan fingerprint density at radius 2 is 1.92 bits per heavy atom. The number of ether oxygens (including phenoxy) is 3. The Balaban J connectivity index is 2.36. The molecular weight excluding hydrogens is 328 g/mol. The number of benzene rings is 1. The highest BCUT2D eigenvalue weighted by molar-refractivity contribution is 5.90. The summed E-state index contributed by atoms with van der Waals surface area (Å²) in [6.07, 6.45) is 1.09. The van der Waals surface area contributed by atoms with E-state index in [1.807, 2.05) is 0 Å². The van der Waals surface area contributed by atoms with E-state index in [2.05, 4.69) is 13.2 Å². The number of carbonyl (C=O) groups is 2. The molecule has 0 radical (unpaired) electrons. The highest BCUT2D eigenvalue weighted by Crippen LogP contribution is 2.33. The van der Waals surface area contributed by atoms with E-state index in [4.69, 9.17) is 18.6 Å². The molecule has 0 bridgehead atoms. The van der Waals surface area contributed by atoms with E-state index in [0.717, 1.165) is 0 Å². The van der Waals surface area contributed by atoms with Crippen LogP contribution in [0.5, 0.6) is 11.5 Å². The summed E-state index contributed by atoms with van der Waals surface area (Å²) in [6.45, 7) is 8.56. The van der Waals surface area contributed by atoms with Gasteiger partial charge >= 0.3 is 17.8 Å². The molecule has 2 aromatic rings. The van der Waals surface area contributed by atoms with Crippen LogP contribution in [0.15, 0.2) is 58.3 Å². The minimum Gasteiger partial charge on any atom is -0.434 e. The van der Waals surface area contributed by atoms with Crippen LogP contribution >= 0.6 is 0 Å². The summed E-state index contributed by atoms with van der Waals surface area (Å²) < 4.78 is 20.1. The van der Waals surface area contributed by atoms with E-state index in [0.29, 0.717) is 11.8 Å². The molecular formula is C18H16O7. The molecule has 7 heteroatoms. The number of rotatable bonds is 6. The summed E-state index contributed by atoms with van der Waals surface area (Å²) in [4.78, 5) is 34.8. The first-order chi connectivity index (χ1) is 11.9. The first-order valence-corrected chi connectivity index (χ1v) is 7.32. The standard InChI is InChI=1S/C18H16O7/c1-4-5-8-22-18(21)25-14-9-12-6-7-16(19)23-13(12)10-15(14)24-17(20)11(2)3/h4,6-7,9-10H,1-2,5,8H2,3H3. The molecule has 0 atom stereocenters. The van der Waals surface area contributed by atoms with Gasteiger partial charge in [-0.1, -0.05) is 12.7 Å². The maximum absolute atomic E-state index is 11.8. The van der Waals surface area contributed by atoms with Gasteiger partial charge in [0.2, 0.25) is 0 Å². The molecule has 1 aromatic carbocycles. The second-order valence-corrected chi connectivity index (χ2v) is 5.04. The Morgan fingerprint density at radius 3 is 2.60 bits per heavy atom. The molecule has 0 aliphatic carbocycles. The number of hydrogen-bond donors (Lipinski definition) is 0. The van der Waals surface area contributed by atoms with Crippen molar-refractivity contribution in [3.63, 3.8) is 0 Å². The average molecular weight is 344 g/mol. The van der Waals surface area contributed by atoms with Crippen molar-refractivity contribution in [1.82, 2.24) is 0 Å². The van der Waals surface area contributed by atoms with Gasteiger partial charge in [-0.3, -0.25) is 0 Å². The fourth-order valence-electron chi connectivity index (χ4n) is 1.77. The fraction of sp³-hybridized carbons (Fsp3) is 0.167. The summed E-state index contributed by atoms with van der Waals surface area (Å²) in [5.74, 6) is -0.877. The largest absolute Gasteiger partial charge is 0.513 e. The van der Waals surface area contributed by atoms with Crippen LogP contribution in [-0.4, -0.2) is 18.7 Å². The Morgan fingerprint density at radius 1 is 1.20 bits per heavy atom. The third kappa shape index (κ3) is 4.81. The molecule has 0 N–H and O–H groups in total. The summed E-state index contributed by atoms with van der Waals surface area (Å²) in [6, 6.07) is 5.38. The monoisotopic (exact) mass is 344 g/mol. The lowest BCUT2D eigenvalue weighted by molar-refractivity contribution is -0.130. The van der Waals surface area contributed by atoms with Crippen molar-refractivity contribution in [2.45, 2.75) is 13.3 Å². The molecule has 0 saturated carbocycles. The summed E-state index contributed by atoms with van der Waals surface area (Å²) in [7, 11) is 0. The molecule has 0 saturated heterocycles. The van der Waals surface area contributed by atoms with E-state index in [-0.39, 0.29) is 29.3 Å². The van der Waals surface area contributed by atoms with Crippen LogP contribution in [0, 0.1) is 0 Å². The van der Waals surface area contributed by atoms with Crippen LogP contribution in [0.25, 0.3) is 11.0 Å². The minimum absolute atomic E-state index is 0.0560. The zero-order valence-electron chi connectivity index (χ0n) is 13.6. The van der Waals surface area contributed by atoms with Crippen LogP contribution in [0.2, 0.25) is 0 Å². The Labute approximate surface area is 143 Å². The minimum atomic E-state index is -0.966. The molecule has 0 aliphatic heterocycles. The third-order valence-corrected chi connectivity index (χ3v) is 2.97. The maximum Gasteiger partial charge on any atom is 0.513 e. The van der Waals surface area contributed by atoms with Gasteiger partial charge in [-0.15, -0.1) is 6.58 Å². The van der Waals surface area contributed by atoms with Crippen molar-refractivity contribution in [3.8, 4) is 11.5 Å². The lowest BCUT2D eigenvalue weighted by Crippen LogP contribution is -2.14. The lowest BCUT2D eigenvalue weighted by Gasteiger charge is -2.11. The van der Waals surface area contributed by atoms with Crippen molar-refractivity contribution in [2.75, 3.05) is 6.61 Å². The molecule has 0 fully saturated rings. The van der Waals surface area contributed by atoms with Gasteiger partial charge in [0, 0.05) is 23.1 Å². The number of carbonyl (C=O) groups excluding carboxylic acids is 2. The van der Waals surface area contributed by atoms with Gasteiger partial charge in [0.15, 0.2) is 11.5 Å². The first kappa shape index (κ1) is 18.0. The summed E-state index contributed by atoms with van der Waals surface area (Å²) >= 11 is 0. The number of esters is 1. The predicted molar refractivity (Wildman–Crippen MR) is 89.7 cm³/mol. The topological polar surface area (TPSA) is 92.0 Å². The highest BCUT2D eigenvalue weighted by Gasteiger charge is 2.17. The maximum atomic E-state index is 11.8. The highest BCUT2D eigenvalue weighted by atomic mass is 16.7. The quantitative estimate of drug-likeness (QED) is 0.151. The van der Waals surface area contributed by atoms with E-state index >= 15 is 0 Å². The van der Waals surface area contributed by atoms with Crippen molar-refractivity contribution >= 4 is 23.1 Å². The van der Waals surface area contributed by atoms with Crippen LogP contribution in [0.3, 0.4) is 0 Å². The molecule has 25 heavy (non-hydrogen) atoms. The van der Waals surface area contributed by atoms with Crippen molar-refractivity contribution in [1.29, 1.82) is 0 Å². The molecule has 0 spiro atoms. The average Bonchev–Trinajstić information content (AvgIpc) is 2.55. The van der Waals surface area contributed by atoms with Crippen molar-refractivity contribution < 1.29 is 28.2 Å². The second-order valence-electron chi connectivity index (χ2n) is 5.04. The van der Waals surface area contributed by atoms with E-state index in [1.54, 1.807) is 6.08 Å². The van der Waals surface area contributed by atoms with Gasteiger partial charge in [0.05, 0.1) is 6.61 Å². The van der Waals surface area contributed by atoms with Crippen LogP contribution < -0.4 is 15.1 Å². The summed E-state index contributed by atoms with van der Waals surface area (Å²) in [5, 5.41) is 0.476. The van der Waals surface area contributed by atoms with E-state index < -0.39 is 17.8 Å². The van der Waals surface area contributed by atoms with Gasteiger partial charge in [-0.25, -0.2) is 14.4 Å². The zero-order chi connectivity index (χ0) is 18.4. The molecule has 0 unspecified atom stereocenters. The zero-order valence-corrected chi connectivity index (χ0v) is 13.6. The molecule has 2 rings (SSSR count). The van der Waals surface area contributed by atoms with E-state index in [1.165, 1.54) is 31.2 Å². The smallest absolute Gasteiger partial charge is 0.434 e. The molecule has 7 nitrogen and oxygen atoms in total. The Kier molecular flexibility index (Phi) is 5.73. The second kappa shape index (κ2) is 7.96. The van der Waals surface area contributed by atoms with Gasteiger partial charge < -0.3 is 18.6 Å². The van der Waals surface area contributed by atoms with Gasteiger partial charge in [-0.2, -0.15) is 0 Å². The molecule has 1 heterocycles. The van der Waals surface area contributed by atoms with E-state index in [9.17, 15) is 14.4 Å². The Hall–Kier alpha value is -3.35. The SMILES string of the molecule is C=CCCOC(=O)Oc1cc2ccc(=O)oc2cc1OC(=O)C(=C)C. The number of fused-ring (bicyclic) bond motifs is 1. The van der Waals surface area contributed by atoms with Crippen molar-refractivity contribution in [2.24, 2.45) is 0 Å². The van der Waals surface area contributed by atoms with Crippen LogP contribution in [-0.2, 0) is 9.53 Å². The van der Waals surface area contributed by atoms with Crippen LogP contribution in [0.1, 0.15) is 13.3 Å².